The van der Waals surface area contributed by atoms with E-state index in [4.69, 9.17) is 4.74 Å². The number of esters is 1. The van der Waals surface area contributed by atoms with Crippen LogP contribution in [0.1, 0.15) is 145 Å². The van der Waals surface area contributed by atoms with Gasteiger partial charge < -0.3 is 14.7 Å². The molecule has 1 amide bonds. The highest BCUT2D eigenvalue weighted by Crippen LogP contribution is 2.77. The number of allylic oxidation sites excluding steroid dienone is 1. The second kappa shape index (κ2) is 13.1. The summed E-state index contributed by atoms with van der Waals surface area (Å²) in [6, 6.07) is 0. The SMILES string of the molecule is C=C(C)[C@@H]1CC[C@]2(C(=O)N3CCN(CC4CC4)CC3)CC[C@]3(C)[C@H](CC[C@@H]4[C@@]5(C)CC[C@H](OC(=O)CC(C)(C)CC(=O)O)C(C)(C)[C@@H]5CC[C@]43C)[C@@H]12. The molecule has 7 nitrogen and oxygen atoms in total. The molecule has 6 saturated carbocycles. The summed E-state index contributed by atoms with van der Waals surface area (Å²) in [7, 11) is 0. The number of hydrogen-bond acceptors (Lipinski definition) is 5. The fourth-order valence-electron chi connectivity index (χ4n) is 14.9. The molecule has 1 saturated heterocycles. The van der Waals surface area contributed by atoms with Crippen molar-refractivity contribution in [1.29, 1.82) is 0 Å². The smallest absolute Gasteiger partial charge is 0.306 e. The number of carboxylic acids is 1. The number of hydrogen-bond donors (Lipinski definition) is 1. The van der Waals surface area contributed by atoms with Gasteiger partial charge in [-0.3, -0.25) is 19.3 Å². The van der Waals surface area contributed by atoms with Gasteiger partial charge in [0.1, 0.15) is 6.10 Å². The predicted octanol–water partition coefficient (Wildman–Crippen LogP) is 9.00. The maximum atomic E-state index is 15.0. The van der Waals surface area contributed by atoms with Gasteiger partial charge in [0.15, 0.2) is 0 Å². The zero-order chi connectivity index (χ0) is 37.6. The van der Waals surface area contributed by atoms with Crippen LogP contribution in [0.15, 0.2) is 12.2 Å². The van der Waals surface area contributed by atoms with Crippen LogP contribution in [0.2, 0.25) is 0 Å². The summed E-state index contributed by atoms with van der Waals surface area (Å²) >= 11 is 0. The van der Waals surface area contributed by atoms with E-state index in [-0.39, 0.29) is 52.0 Å². The fraction of sp³-hybridized carbons (Fsp3) is 0.889. The van der Waals surface area contributed by atoms with Crippen LogP contribution < -0.4 is 0 Å². The van der Waals surface area contributed by atoms with E-state index >= 15 is 0 Å². The molecular weight excluding hydrogens is 649 g/mol. The largest absolute Gasteiger partial charge is 0.481 e. The number of aliphatic carboxylic acids is 1. The normalized spacial score (nSPS) is 43.0. The molecule has 0 aromatic heterocycles. The molecule has 0 unspecified atom stereocenters. The van der Waals surface area contributed by atoms with Crippen LogP contribution in [-0.2, 0) is 19.1 Å². The first-order valence-electron chi connectivity index (χ1n) is 21.4. The Bertz CT molecular complexity index is 1440. The number of piperazine rings is 1. The number of rotatable bonds is 9. The summed E-state index contributed by atoms with van der Waals surface area (Å²) < 4.78 is 6.30. The van der Waals surface area contributed by atoms with Gasteiger partial charge in [0.05, 0.1) is 18.3 Å². The Morgan fingerprint density at radius 2 is 1.48 bits per heavy atom. The summed E-state index contributed by atoms with van der Waals surface area (Å²) in [5.41, 5.74) is 0.777. The Hall–Kier alpha value is -1.89. The summed E-state index contributed by atoms with van der Waals surface area (Å²) in [6.07, 6.45) is 13.7. The zero-order valence-corrected chi connectivity index (χ0v) is 34.2. The van der Waals surface area contributed by atoms with E-state index in [1.54, 1.807) is 0 Å². The van der Waals surface area contributed by atoms with Crippen LogP contribution in [0.4, 0.5) is 0 Å². The molecule has 292 valence electrons. The van der Waals surface area contributed by atoms with Crippen LogP contribution in [0.5, 0.6) is 0 Å². The second-order valence-electron chi connectivity index (χ2n) is 21.6. The first-order valence-corrected chi connectivity index (χ1v) is 21.4. The maximum Gasteiger partial charge on any atom is 0.306 e. The van der Waals surface area contributed by atoms with Crippen molar-refractivity contribution in [3.63, 3.8) is 0 Å². The Morgan fingerprint density at radius 3 is 2.12 bits per heavy atom. The molecule has 1 N–H and O–H groups in total. The van der Waals surface area contributed by atoms with Gasteiger partial charge in [-0.25, -0.2) is 0 Å². The third-order valence-electron chi connectivity index (χ3n) is 17.8. The lowest BCUT2D eigenvalue weighted by Gasteiger charge is -2.73. The molecule has 7 rings (SSSR count). The van der Waals surface area contributed by atoms with E-state index in [0.717, 1.165) is 77.0 Å². The molecule has 0 bridgehead atoms. The van der Waals surface area contributed by atoms with Crippen molar-refractivity contribution in [3.8, 4) is 0 Å². The van der Waals surface area contributed by atoms with Crippen LogP contribution >= 0.6 is 0 Å². The Morgan fingerprint density at radius 1 is 0.788 bits per heavy atom. The Labute approximate surface area is 315 Å². The van der Waals surface area contributed by atoms with Gasteiger partial charge in [-0.15, -0.1) is 0 Å². The lowest BCUT2D eigenvalue weighted by molar-refractivity contribution is -0.250. The zero-order valence-electron chi connectivity index (χ0n) is 34.2. The monoisotopic (exact) mass is 721 g/mol. The van der Waals surface area contributed by atoms with Gasteiger partial charge in [-0.2, -0.15) is 0 Å². The molecule has 7 fully saturated rings. The third kappa shape index (κ3) is 6.12. The number of nitrogens with zero attached hydrogens (tertiary/aromatic N) is 2. The van der Waals surface area contributed by atoms with E-state index in [1.807, 2.05) is 13.8 Å². The molecule has 0 aromatic rings. The average molecular weight is 721 g/mol. The number of carbonyl (C=O) groups is 3. The first kappa shape index (κ1) is 38.4. The van der Waals surface area contributed by atoms with Crippen LogP contribution in [-0.4, -0.2) is 71.6 Å². The molecule has 7 heteroatoms. The van der Waals surface area contributed by atoms with E-state index in [9.17, 15) is 19.5 Å². The van der Waals surface area contributed by atoms with Crippen molar-refractivity contribution in [2.24, 2.45) is 68.0 Å². The molecule has 6 aliphatic carbocycles. The van der Waals surface area contributed by atoms with E-state index in [2.05, 4.69) is 57.9 Å². The van der Waals surface area contributed by atoms with Gasteiger partial charge in [0, 0.05) is 38.1 Å². The highest BCUT2D eigenvalue weighted by molar-refractivity contribution is 5.84. The number of fused-ring (bicyclic) bond motifs is 7. The average Bonchev–Trinajstić information content (AvgIpc) is 3.77. The van der Waals surface area contributed by atoms with Gasteiger partial charge in [-0.1, -0.05) is 60.6 Å². The lowest BCUT2D eigenvalue weighted by atomic mass is 9.32. The maximum absolute atomic E-state index is 15.0. The minimum absolute atomic E-state index is 0.0442. The van der Waals surface area contributed by atoms with Crippen LogP contribution in [0.3, 0.4) is 0 Å². The summed E-state index contributed by atoms with van der Waals surface area (Å²) in [6.45, 7) is 28.2. The van der Waals surface area contributed by atoms with E-state index < -0.39 is 11.4 Å². The van der Waals surface area contributed by atoms with Crippen molar-refractivity contribution < 1.29 is 24.2 Å². The number of carbonyl (C=O) groups excluding carboxylic acids is 2. The molecular formula is C45H72N2O5. The number of carboxylic acid groups (broad SMARTS) is 1. The predicted molar refractivity (Wildman–Crippen MR) is 205 cm³/mol. The lowest BCUT2D eigenvalue weighted by Crippen LogP contribution is -2.67. The number of ether oxygens (including phenoxy) is 1. The Balaban J connectivity index is 1.11. The summed E-state index contributed by atoms with van der Waals surface area (Å²) in [5.74, 6) is 2.65. The molecule has 7 aliphatic rings. The molecule has 0 aromatic carbocycles. The first-order chi connectivity index (χ1) is 24.3. The van der Waals surface area contributed by atoms with Gasteiger partial charge in [-0.05, 0) is 141 Å². The molecule has 0 radical (unpaired) electrons. The number of amides is 1. The highest BCUT2D eigenvalue weighted by Gasteiger charge is 2.72. The molecule has 0 spiro atoms. The van der Waals surface area contributed by atoms with Crippen LogP contribution in [0, 0.1) is 68.0 Å². The minimum Gasteiger partial charge on any atom is -0.481 e. The second-order valence-corrected chi connectivity index (χ2v) is 21.6. The quantitative estimate of drug-likeness (QED) is 0.189. The van der Waals surface area contributed by atoms with E-state index in [0.29, 0.717) is 35.5 Å². The molecule has 10 atom stereocenters. The van der Waals surface area contributed by atoms with Gasteiger partial charge >= 0.3 is 11.9 Å². The van der Waals surface area contributed by atoms with Crippen molar-refractivity contribution in [3.05, 3.63) is 12.2 Å². The summed E-state index contributed by atoms with van der Waals surface area (Å²) in [4.78, 5) is 44.5. The third-order valence-corrected chi connectivity index (χ3v) is 17.8. The highest BCUT2D eigenvalue weighted by atomic mass is 16.5. The molecule has 1 heterocycles. The van der Waals surface area contributed by atoms with Crippen molar-refractivity contribution in [2.45, 2.75) is 151 Å². The van der Waals surface area contributed by atoms with Crippen molar-refractivity contribution in [1.82, 2.24) is 9.80 Å². The standard InChI is InChI=1S/C45H72N2O5/c1-29(2)31-14-19-45(39(51)47-24-22-46(23-25-47)28-30-10-11-30)21-20-43(8)32(38(31)45)12-13-34-42(7)17-16-35(41(5,6)33(42)15-18-44(34,43)9)52-37(50)27-40(3,4)26-36(48)49/h30-35,38H,1,10-28H2,2-9H3,(H,48,49)/t31-,32+,33-,34+,35-,38+,42-,43+,44+,45-/m0/s1. The summed E-state index contributed by atoms with van der Waals surface area (Å²) in [5, 5.41) is 9.36. The van der Waals surface area contributed by atoms with Gasteiger partial charge in [0.25, 0.3) is 0 Å². The van der Waals surface area contributed by atoms with E-state index in [1.165, 1.54) is 44.2 Å². The minimum atomic E-state index is -0.879. The van der Waals surface area contributed by atoms with Crippen molar-refractivity contribution in [2.75, 3.05) is 32.7 Å². The van der Waals surface area contributed by atoms with Crippen LogP contribution in [0.25, 0.3) is 0 Å². The molecule has 52 heavy (non-hydrogen) atoms. The van der Waals surface area contributed by atoms with Crippen molar-refractivity contribution >= 4 is 17.8 Å². The Kier molecular flexibility index (Phi) is 9.68. The topological polar surface area (TPSA) is 87.2 Å². The van der Waals surface area contributed by atoms with Gasteiger partial charge in [0.2, 0.25) is 5.91 Å². The molecule has 1 aliphatic heterocycles. The fourth-order valence-corrected chi connectivity index (χ4v) is 14.9.